The first kappa shape index (κ1) is 49.9. The molecule has 1 aliphatic rings. The Morgan fingerprint density at radius 3 is 1.00 bits per heavy atom. The summed E-state index contributed by atoms with van der Waals surface area (Å²) in [6, 6.07) is 0. The summed E-state index contributed by atoms with van der Waals surface area (Å²) in [5.41, 5.74) is 0. The molecule has 53 heavy (non-hydrogen) atoms. The van der Waals surface area contributed by atoms with E-state index in [2.05, 4.69) is 39.5 Å². The van der Waals surface area contributed by atoms with Crippen LogP contribution >= 0.6 is 0 Å². The molecular formula is C48H93NO4. The molecule has 1 rings (SSSR count). The van der Waals surface area contributed by atoms with Gasteiger partial charge in [-0.1, -0.05) is 163 Å². The quantitative estimate of drug-likeness (QED) is 0.0463. The molecule has 0 spiro atoms. The molecule has 0 aromatic carbocycles. The molecule has 0 aromatic rings. The number of nitrogens with zero attached hydrogens (tertiary/aromatic N) is 1. The van der Waals surface area contributed by atoms with Crippen molar-refractivity contribution in [1.29, 1.82) is 0 Å². The van der Waals surface area contributed by atoms with E-state index in [-0.39, 0.29) is 24.1 Å². The molecule has 1 saturated heterocycles. The second kappa shape index (κ2) is 36.5. The standard InChI is InChI=1S/C48H93NO4/c1-6-11-15-19-23-27-35-45(36-28-24-20-16-12-7-2)52-47(50)39-31-33-43-41-49(10-5)42-44(43)34-32-40-48(51)53-46(37-29-25-21-17-13-8-3)38-30-26-22-18-14-9-4/h43-46H,6-42H2,1-5H3. The number of ether oxygens (including phenoxy) is 2. The van der Waals surface area contributed by atoms with Crippen LogP contribution in [0.5, 0.6) is 0 Å². The average molecular weight is 748 g/mol. The Balaban J connectivity index is 2.51. The van der Waals surface area contributed by atoms with Crippen molar-refractivity contribution in [1.82, 2.24) is 4.90 Å². The lowest BCUT2D eigenvalue weighted by Crippen LogP contribution is -2.20. The van der Waals surface area contributed by atoms with Gasteiger partial charge >= 0.3 is 11.9 Å². The Hall–Kier alpha value is -1.10. The first-order valence-corrected chi connectivity index (χ1v) is 24.1. The van der Waals surface area contributed by atoms with Crippen LogP contribution in [0, 0.1) is 11.8 Å². The van der Waals surface area contributed by atoms with E-state index in [1.807, 2.05) is 0 Å². The molecule has 2 unspecified atom stereocenters. The molecule has 0 radical (unpaired) electrons. The molecule has 1 aliphatic heterocycles. The lowest BCUT2D eigenvalue weighted by molar-refractivity contribution is -0.151. The highest BCUT2D eigenvalue weighted by molar-refractivity contribution is 5.69. The van der Waals surface area contributed by atoms with Crippen molar-refractivity contribution in [3.8, 4) is 0 Å². The van der Waals surface area contributed by atoms with Crippen molar-refractivity contribution in [2.24, 2.45) is 11.8 Å². The highest BCUT2D eigenvalue weighted by Crippen LogP contribution is 2.32. The van der Waals surface area contributed by atoms with Gasteiger partial charge in [-0.15, -0.1) is 0 Å². The van der Waals surface area contributed by atoms with Crippen LogP contribution in [0.15, 0.2) is 0 Å². The van der Waals surface area contributed by atoms with Gasteiger partial charge in [-0.2, -0.15) is 0 Å². The summed E-state index contributed by atoms with van der Waals surface area (Å²) < 4.78 is 12.3. The maximum atomic E-state index is 13.1. The normalized spacial score (nSPS) is 16.3. The maximum absolute atomic E-state index is 13.1. The lowest BCUT2D eigenvalue weighted by Gasteiger charge is -2.20. The number of hydrogen-bond acceptors (Lipinski definition) is 5. The second-order valence-corrected chi connectivity index (χ2v) is 17.1. The van der Waals surface area contributed by atoms with Crippen LogP contribution < -0.4 is 0 Å². The third-order valence-corrected chi connectivity index (χ3v) is 12.1. The number of unbranched alkanes of at least 4 members (excludes halogenated alkanes) is 20. The Labute approximate surface area is 331 Å². The van der Waals surface area contributed by atoms with Gasteiger partial charge in [0.05, 0.1) is 0 Å². The van der Waals surface area contributed by atoms with Crippen molar-refractivity contribution >= 4 is 11.9 Å². The van der Waals surface area contributed by atoms with Crippen molar-refractivity contribution in [2.75, 3.05) is 19.6 Å². The summed E-state index contributed by atoms with van der Waals surface area (Å²) >= 11 is 0. The van der Waals surface area contributed by atoms with E-state index in [0.717, 1.165) is 71.0 Å². The summed E-state index contributed by atoms with van der Waals surface area (Å²) in [6.45, 7) is 14.7. The molecule has 0 aromatic heterocycles. The summed E-state index contributed by atoms with van der Waals surface area (Å²) in [5.74, 6) is 1.25. The number of carbonyl (C=O) groups excluding carboxylic acids is 2. The number of carbonyl (C=O) groups is 2. The summed E-state index contributed by atoms with van der Waals surface area (Å²) in [6.07, 6.45) is 40.2. The number of rotatable bonds is 39. The van der Waals surface area contributed by atoms with Gasteiger partial charge in [-0.3, -0.25) is 9.59 Å². The fraction of sp³-hybridized carbons (Fsp3) is 0.958. The number of esters is 2. The maximum Gasteiger partial charge on any atom is 0.306 e. The molecule has 5 heteroatoms. The van der Waals surface area contributed by atoms with E-state index >= 15 is 0 Å². The second-order valence-electron chi connectivity index (χ2n) is 17.1. The van der Waals surface area contributed by atoms with Gasteiger partial charge in [-0.05, 0) is 95.4 Å². The molecule has 1 fully saturated rings. The number of likely N-dealkylation sites (tertiary alicyclic amines) is 1. The first-order valence-electron chi connectivity index (χ1n) is 24.1. The minimum atomic E-state index is 0.0214. The van der Waals surface area contributed by atoms with Crippen LogP contribution in [0.3, 0.4) is 0 Å². The van der Waals surface area contributed by atoms with E-state index in [1.54, 1.807) is 0 Å². The molecule has 314 valence electrons. The zero-order valence-electron chi connectivity index (χ0n) is 36.6. The fourth-order valence-electron chi connectivity index (χ4n) is 8.59. The Morgan fingerprint density at radius 2 is 0.717 bits per heavy atom. The van der Waals surface area contributed by atoms with Crippen LogP contribution in [0.1, 0.15) is 253 Å². The highest BCUT2D eigenvalue weighted by Gasteiger charge is 2.31. The summed E-state index contributed by atoms with van der Waals surface area (Å²) in [7, 11) is 0. The molecule has 0 N–H and O–H groups in total. The lowest BCUT2D eigenvalue weighted by atomic mass is 9.87. The average Bonchev–Trinajstić information content (AvgIpc) is 3.55. The monoisotopic (exact) mass is 748 g/mol. The third-order valence-electron chi connectivity index (χ3n) is 12.1. The molecule has 5 nitrogen and oxygen atoms in total. The SMILES string of the molecule is CCCCCCCCC(CCCCCCCC)OC(=O)CCCC1CN(CC)CC1CCCC(=O)OC(CCCCCCCC)CCCCCCCC. The number of hydrogen-bond donors (Lipinski definition) is 0. The van der Waals surface area contributed by atoms with Crippen molar-refractivity contribution in [3.05, 3.63) is 0 Å². The zero-order chi connectivity index (χ0) is 38.6. The minimum absolute atomic E-state index is 0.0214. The predicted octanol–water partition coefficient (Wildman–Crippen LogP) is 14.7. The third kappa shape index (κ3) is 28.9. The molecule has 0 saturated carbocycles. The molecule has 1 heterocycles. The molecular weight excluding hydrogens is 655 g/mol. The Kier molecular flexibility index (Phi) is 34.4. The summed E-state index contributed by atoms with van der Waals surface area (Å²) in [5, 5.41) is 0. The van der Waals surface area contributed by atoms with Gasteiger partial charge in [0.1, 0.15) is 12.2 Å². The van der Waals surface area contributed by atoms with Crippen LogP contribution in [0.4, 0.5) is 0 Å². The van der Waals surface area contributed by atoms with Crippen LogP contribution in [-0.2, 0) is 19.1 Å². The smallest absolute Gasteiger partial charge is 0.306 e. The Bertz CT molecular complexity index is 721. The zero-order valence-corrected chi connectivity index (χ0v) is 36.6. The van der Waals surface area contributed by atoms with Crippen molar-refractivity contribution in [2.45, 2.75) is 265 Å². The van der Waals surface area contributed by atoms with E-state index in [9.17, 15) is 9.59 Å². The first-order chi connectivity index (χ1) is 26.0. The minimum Gasteiger partial charge on any atom is -0.462 e. The Morgan fingerprint density at radius 1 is 0.434 bits per heavy atom. The van der Waals surface area contributed by atoms with E-state index in [1.165, 1.54) is 154 Å². The van der Waals surface area contributed by atoms with Gasteiger partial charge in [0.15, 0.2) is 0 Å². The highest BCUT2D eigenvalue weighted by atomic mass is 16.5. The van der Waals surface area contributed by atoms with E-state index < -0.39 is 0 Å². The van der Waals surface area contributed by atoms with Crippen molar-refractivity contribution in [3.63, 3.8) is 0 Å². The van der Waals surface area contributed by atoms with Crippen LogP contribution in [0.2, 0.25) is 0 Å². The van der Waals surface area contributed by atoms with Gasteiger partial charge in [0.25, 0.3) is 0 Å². The van der Waals surface area contributed by atoms with Gasteiger partial charge < -0.3 is 14.4 Å². The molecule has 0 amide bonds. The van der Waals surface area contributed by atoms with Crippen LogP contribution in [-0.4, -0.2) is 48.7 Å². The van der Waals surface area contributed by atoms with Crippen molar-refractivity contribution < 1.29 is 19.1 Å². The van der Waals surface area contributed by atoms with E-state index in [4.69, 9.17) is 9.47 Å². The predicted molar refractivity (Wildman–Crippen MR) is 229 cm³/mol. The molecule has 0 bridgehead atoms. The van der Waals surface area contributed by atoms with Gasteiger partial charge in [0.2, 0.25) is 0 Å². The van der Waals surface area contributed by atoms with Gasteiger partial charge in [0, 0.05) is 25.9 Å². The van der Waals surface area contributed by atoms with Gasteiger partial charge in [-0.25, -0.2) is 0 Å². The molecule has 2 atom stereocenters. The summed E-state index contributed by atoms with van der Waals surface area (Å²) in [4.78, 5) is 28.7. The van der Waals surface area contributed by atoms with Crippen LogP contribution in [0.25, 0.3) is 0 Å². The topological polar surface area (TPSA) is 55.8 Å². The molecule has 0 aliphatic carbocycles. The fourth-order valence-corrected chi connectivity index (χ4v) is 8.59. The largest absolute Gasteiger partial charge is 0.462 e. The van der Waals surface area contributed by atoms with E-state index in [0.29, 0.717) is 24.7 Å².